The second-order valence-corrected chi connectivity index (χ2v) is 8.13. The Bertz CT molecular complexity index is 730. The quantitative estimate of drug-likeness (QED) is 0.600. The Morgan fingerprint density at radius 1 is 1.04 bits per heavy atom. The summed E-state index contributed by atoms with van der Waals surface area (Å²) in [6, 6.07) is 10.2. The van der Waals surface area contributed by atoms with Crippen molar-refractivity contribution in [2.24, 2.45) is 5.92 Å². The number of rotatable bonds is 8. The molecule has 0 bridgehead atoms. The number of carbonyl (C=O) groups is 1. The number of hydrogen-bond donors (Lipinski definition) is 0. The Kier molecular flexibility index (Phi) is 6.57. The van der Waals surface area contributed by atoms with Crippen molar-refractivity contribution in [3.8, 4) is 16.9 Å². The van der Waals surface area contributed by atoms with E-state index in [1.165, 1.54) is 0 Å². The first kappa shape index (κ1) is 20.2. The molecule has 3 nitrogen and oxygen atoms in total. The molecular formula is C23H31NO2. The van der Waals surface area contributed by atoms with Gasteiger partial charge in [0.25, 0.3) is 0 Å². The van der Waals surface area contributed by atoms with Gasteiger partial charge >= 0.3 is 0 Å². The molecule has 0 saturated heterocycles. The Hall–Kier alpha value is -2.16. The van der Waals surface area contributed by atoms with Gasteiger partial charge in [-0.05, 0) is 57.2 Å². The molecule has 0 saturated carbocycles. The first-order valence-corrected chi connectivity index (χ1v) is 9.46. The van der Waals surface area contributed by atoms with Crippen molar-refractivity contribution in [3.05, 3.63) is 48.3 Å². The van der Waals surface area contributed by atoms with Gasteiger partial charge in [0.15, 0.2) is 0 Å². The van der Waals surface area contributed by atoms with Crippen LogP contribution in [0, 0.1) is 5.92 Å². The number of ether oxygens (including phenoxy) is 1. The summed E-state index contributed by atoms with van der Waals surface area (Å²) in [6.45, 7) is 12.3. The van der Waals surface area contributed by atoms with E-state index < -0.39 is 5.41 Å². The summed E-state index contributed by atoms with van der Waals surface area (Å²) in [7, 11) is 0. The zero-order valence-corrected chi connectivity index (χ0v) is 16.9. The molecule has 3 heteroatoms. The normalized spacial score (nSPS) is 11.8. The van der Waals surface area contributed by atoms with Crippen LogP contribution in [0.15, 0.2) is 42.7 Å². The summed E-state index contributed by atoms with van der Waals surface area (Å²) in [6.07, 6.45) is 5.25. The second kappa shape index (κ2) is 8.48. The second-order valence-electron chi connectivity index (χ2n) is 8.13. The molecule has 0 N–H and O–H groups in total. The van der Waals surface area contributed by atoms with Crippen LogP contribution in [0.4, 0.5) is 0 Å². The van der Waals surface area contributed by atoms with E-state index in [1.54, 1.807) is 6.20 Å². The van der Waals surface area contributed by atoms with Crippen molar-refractivity contribution in [1.29, 1.82) is 0 Å². The topological polar surface area (TPSA) is 39.2 Å². The molecule has 0 aliphatic rings. The maximum atomic E-state index is 12.6. The molecule has 26 heavy (non-hydrogen) atoms. The largest absolute Gasteiger partial charge is 0.489 e. The molecule has 0 unspecified atom stereocenters. The molecule has 140 valence electrons. The van der Waals surface area contributed by atoms with Crippen LogP contribution >= 0.6 is 0 Å². The van der Waals surface area contributed by atoms with Crippen molar-refractivity contribution in [1.82, 2.24) is 4.98 Å². The first-order chi connectivity index (χ1) is 12.2. The SMILES string of the molecule is CC(C)CCC(=O)C(C)(C)c1ccc(-c2cncc(OC(C)C)c2)cc1. The van der Waals surface area contributed by atoms with Crippen LogP contribution in [0.2, 0.25) is 0 Å². The fraction of sp³-hybridized carbons (Fsp3) is 0.478. The summed E-state index contributed by atoms with van der Waals surface area (Å²) in [4.78, 5) is 16.9. The van der Waals surface area contributed by atoms with Crippen molar-refractivity contribution < 1.29 is 9.53 Å². The lowest BCUT2D eigenvalue weighted by molar-refractivity contribution is -0.123. The van der Waals surface area contributed by atoms with E-state index >= 15 is 0 Å². The Morgan fingerprint density at radius 3 is 2.27 bits per heavy atom. The Balaban J connectivity index is 2.18. The van der Waals surface area contributed by atoms with Crippen LogP contribution in [0.5, 0.6) is 5.75 Å². The molecule has 0 spiro atoms. The van der Waals surface area contributed by atoms with Gasteiger partial charge < -0.3 is 4.74 Å². The fourth-order valence-corrected chi connectivity index (χ4v) is 2.89. The van der Waals surface area contributed by atoms with Crippen molar-refractivity contribution in [2.45, 2.75) is 65.9 Å². The summed E-state index contributed by atoms with van der Waals surface area (Å²) in [5, 5.41) is 0. The van der Waals surface area contributed by atoms with E-state index in [2.05, 4.69) is 43.1 Å². The molecule has 0 radical (unpaired) electrons. The minimum absolute atomic E-state index is 0.118. The summed E-state index contributed by atoms with van der Waals surface area (Å²) in [5.74, 6) is 1.61. The molecule has 1 heterocycles. The fourth-order valence-electron chi connectivity index (χ4n) is 2.89. The number of Topliss-reactive ketones (excluding diaryl/α,β-unsaturated/α-hetero) is 1. The lowest BCUT2D eigenvalue weighted by Crippen LogP contribution is -2.29. The third-order valence-electron chi connectivity index (χ3n) is 4.67. The molecule has 0 fully saturated rings. The lowest BCUT2D eigenvalue weighted by Gasteiger charge is -2.24. The number of ketones is 1. The lowest BCUT2D eigenvalue weighted by atomic mass is 9.78. The monoisotopic (exact) mass is 353 g/mol. The van der Waals surface area contributed by atoms with Crippen LogP contribution in [0.1, 0.15) is 59.9 Å². The predicted octanol–water partition coefficient (Wildman–Crippen LogP) is 5.82. The third-order valence-corrected chi connectivity index (χ3v) is 4.67. The molecule has 0 aliphatic carbocycles. The van der Waals surface area contributed by atoms with Crippen molar-refractivity contribution >= 4 is 5.78 Å². The van der Waals surface area contributed by atoms with E-state index in [0.29, 0.717) is 18.1 Å². The number of aromatic nitrogens is 1. The average molecular weight is 354 g/mol. The van der Waals surface area contributed by atoms with Crippen molar-refractivity contribution in [3.63, 3.8) is 0 Å². The average Bonchev–Trinajstić information content (AvgIpc) is 2.59. The molecule has 1 aromatic carbocycles. The van der Waals surface area contributed by atoms with Crippen LogP contribution in [-0.2, 0) is 10.2 Å². The zero-order valence-electron chi connectivity index (χ0n) is 16.9. The van der Waals surface area contributed by atoms with Gasteiger partial charge in [-0.15, -0.1) is 0 Å². The number of carbonyl (C=O) groups excluding carboxylic acids is 1. The molecule has 1 aromatic heterocycles. The molecule has 0 atom stereocenters. The highest BCUT2D eigenvalue weighted by atomic mass is 16.5. The van der Waals surface area contributed by atoms with E-state index in [-0.39, 0.29) is 6.10 Å². The maximum Gasteiger partial charge on any atom is 0.142 e. The van der Waals surface area contributed by atoms with Crippen LogP contribution < -0.4 is 4.74 Å². The summed E-state index contributed by atoms with van der Waals surface area (Å²) >= 11 is 0. The van der Waals surface area contributed by atoms with E-state index in [1.807, 2.05) is 40.0 Å². The first-order valence-electron chi connectivity index (χ1n) is 9.46. The van der Waals surface area contributed by atoms with E-state index in [0.717, 1.165) is 28.9 Å². The van der Waals surface area contributed by atoms with E-state index in [9.17, 15) is 4.79 Å². The molecule has 2 aromatic rings. The van der Waals surface area contributed by atoms with Gasteiger partial charge in [0.2, 0.25) is 0 Å². The summed E-state index contributed by atoms with van der Waals surface area (Å²) < 4.78 is 5.72. The third kappa shape index (κ3) is 5.17. The Labute approximate surface area is 157 Å². The van der Waals surface area contributed by atoms with Gasteiger partial charge in [-0.1, -0.05) is 38.1 Å². The van der Waals surface area contributed by atoms with Crippen LogP contribution in [0.3, 0.4) is 0 Å². The minimum Gasteiger partial charge on any atom is -0.489 e. The number of hydrogen-bond acceptors (Lipinski definition) is 3. The Morgan fingerprint density at radius 2 is 1.69 bits per heavy atom. The minimum atomic E-state index is -0.464. The van der Waals surface area contributed by atoms with Crippen molar-refractivity contribution in [2.75, 3.05) is 0 Å². The molecular weight excluding hydrogens is 322 g/mol. The summed E-state index contributed by atoms with van der Waals surface area (Å²) in [5.41, 5.74) is 2.67. The molecule has 0 amide bonds. The standard InChI is InChI=1S/C23H31NO2/c1-16(2)7-12-22(25)23(5,6)20-10-8-18(9-11-20)19-13-21(15-24-14-19)26-17(3)4/h8-11,13-17H,7,12H2,1-6H3. The van der Waals surface area contributed by atoms with Gasteiger partial charge in [0, 0.05) is 23.6 Å². The zero-order chi connectivity index (χ0) is 19.3. The van der Waals surface area contributed by atoms with Gasteiger partial charge in [0.1, 0.15) is 11.5 Å². The highest BCUT2D eigenvalue weighted by Crippen LogP contribution is 2.30. The highest BCUT2D eigenvalue weighted by Gasteiger charge is 2.29. The number of pyridine rings is 1. The highest BCUT2D eigenvalue weighted by molar-refractivity contribution is 5.89. The molecule has 0 aliphatic heterocycles. The van der Waals surface area contributed by atoms with Gasteiger partial charge in [-0.3, -0.25) is 9.78 Å². The van der Waals surface area contributed by atoms with Crippen LogP contribution in [0.25, 0.3) is 11.1 Å². The smallest absolute Gasteiger partial charge is 0.142 e. The molecule has 2 rings (SSSR count). The maximum absolute atomic E-state index is 12.6. The number of nitrogens with zero attached hydrogens (tertiary/aromatic N) is 1. The van der Waals surface area contributed by atoms with Gasteiger partial charge in [0.05, 0.1) is 12.3 Å². The van der Waals surface area contributed by atoms with Crippen LogP contribution in [-0.4, -0.2) is 16.9 Å². The van der Waals surface area contributed by atoms with Gasteiger partial charge in [-0.2, -0.15) is 0 Å². The van der Waals surface area contributed by atoms with E-state index in [4.69, 9.17) is 4.74 Å². The predicted molar refractivity (Wildman–Crippen MR) is 108 cm³/mol. The number of benzene rings is 1. The van der Waals surface area contributed by atoms with Gasteiger partial charge in [-0.25, -0.2) is 0 Å².